The van der Waals surface area contributed by atoms with E-state index < -0.39 is 0 Å². The maximum absolute atomic E-state index is 13.0. The molecule has 38 heavy (non-hydrogen) atoms. The first-order valence-electron chi connectivity index (χ1n) is 13.5. The zero-order valence-electron chi connectivity index (χ0n) is 22.6. The average Bonchev–Trinajstić information content (AvgIpc) is 3.59. The average molecular weight is 529 g/mol. The molecule has 3 atom stereocenters. The number of hydrogen-bond donors (Lipinski definition) is 2. The molecule has 2 saturated heterocycles. The van der Waals surface area contributed by atoms with E-state index in [1.807, 2.05) is 19.9 Å². The molecule has 1 aromatic carbocycles. The zero-order chi connectivity index (χ0) is 27.1. The summed E-state index contributed by atoms with van der Waals surface area (Å²) in [4.78, 5) is 26.2. The molecule has 0 unspecified atom stereocenters. The number of carbonyl (C=O) groups excluding carboxylic acids is 1. The van der Waals surface area contributed by atoms with Crippen LogP contribution in [0.15, 0.2) is 22.7 Å². The molecule has 2 N–H and O–H groups in total. The van der Waals surface area contributed by atoms with Crippen molar-refractivity contribution in [2.45, 2.75) is 64.6 Å². The summed E-state index contributed by atoms with van der Waals surface area (Å²) in [5.41, 5.74) is 3.26. The highest BCUT2D eigenvalue weighted by Gasteiger charge is 2.44. The Morgan fingerprint density at radius 1 is 1.24 bits per heavy atom. The summed E-state index contributed by atoms with van der Waals surface area (Å²) in [5, 5.41) is 14.3. The SMILES string of the molecule is COc1ccc2cc1OCCCCN(Cc1c(C)noc1C)CC(=O)NC[C@H]1C[C@H]2N2CCC[C@@H]12.O=CO. The van der Waals surface area contributed by atoms with Gasteiger partial charge in [-0.3, -0.25) is 19.4 Å². The van der Waals surface area contributed by atoms with Gasteiger partial charge in [0, 0.05) is 30.7 Å². The van der Waals surface area contributed by atoms with Crippen LogP contribution in [0.4, 0.5) is 0 Å². The number of aromatic nitrogens is 1. The topological polar surface area (TPSA) is 117 Å². The molecule has 3 aliphatic rings. The molecule has 0 radical (unpaired) electrons. The van der Waals surface area contributed by atoms with Crippen LogP contribution < -0.4 is 14.8 Å². The van der Waals surface area contributed by atoms with E-state index in [9.17, 15) is 4.79 Å². The number of nitrogens with one attached hydrogen (secondary N) is 1. The lowest BCUT2D eigenvalue weighted by molar-refractivity contribution is -0.123. The summed E-state index contributed by atoms with van der Waals surface area (Å²) in [5.74, 6) is 3.00. The minimum atomic E-state index is -0.250. The lowest BCUT2D eigenvalue weighted by Crippen LogP contribution is -2.41. The smallest absolute Gasteiger partial charge is 0.290 e. The highest BCUT2D eigenvalue weighted by molar-refractivity contribution is 5.78. The molecule has 0 spiro atoms. The van der Waals surface area contributed by atoms with Crippen LogP contribution in [0.1, 0.15) is 60.7 Å². The van der Waals surface area contributed by atoms with E-state index in [0.29, 0.717) is 37.7 Å². The summed E-state index contributed by atoms with van der Waals surface area (Å²) in [7, 11) is 1.70. The first kappa shape index (κ1) is 27.9. The van der Waals surface area contributed by atoms with Crippen molar-refractivity contribution in [3.63, 3.8) is 0 Å². The van der Waals surface area contributed by atoms with Crippen molar-refractivity contribution in [1.82, 2.24) is 20.3 Å². The Morgan fingerprint density at radius 3 is 2.79 bits per heavy atom. The number of amides is 1. The molecule has 10 nitrogen and oxygen atoms in total. The van der Waals surface area contributed by atoms with Gasteiger partial charge in [0.25, 0.3) is 6.47 Å². The Bertz CT molecular complexity index is 1070. The van der Waals surface area contributed by atoms with Crippen molar-refractivity contribution < 1.29 is 28.7 Å². The van der Waals surface area contributed by atoms with Gasteiger partial charge in [-0.1, -0.05) is 11.2 Å². The van der Waals surface area contributed by atoms with Crippen molar-refractivity contribution in [2.24, 2.45) is 5.92 Å². The first-order valence-corrected chi connectivity index (χ1v) is 13.5. The molecule has 2 aromatic rings. The molecule has 1 amide bonds. The standard InChI is InChI=1S/C27H38N4O4.CH2O2/c1-18-22(19(2)35-29-18)16-30-10-4-5-12-34-26-14-20(8-9-25(26)33-3)24-13-21(15-28-27(32)17-30)23-7-6-11-31(23)24;2-1-3/h8-9,14,21,23-24H,4-7,10-13,15-17H2,1-3H3,(H,28,32);1H,(H,2,3)/t21-,23+,24-;/m1./s1. The fourth-order valence-electron chi connectivity index (χ4n) is 6.14. The number of benzene rings is 1. The molecular weight excluding hydrogens is 488 g/mol. The van der Waals surface area contributed by atoms with Crippen LogP contribution in [0.2, 0.25) is 0 Å². The van der Waals surface area contributed by atoms with Gasteiger partial charge in [-0.25, -0.2) is 0 Å². The van der Waals surface area contributed by atoms with Crippen LogP contribution in [0.5, 0.6) is 11.5 Å². The summed E-state index contributed by atoms with van der Waals surface area (Å²) in [6.07, 6.45) is 5.30. The van der Waals surface area contributed by atoms with Gasteiger partial charge in [0.05, 0.1) is 26.0 Å². The summed E-state index contributed by atoms with van der Waals surface area (Å²) in [6.45, 7) is 7.95. The van der Waals surface area contributed by atoms with E-state index in [0.717, 1.165) is 67.4 Å². The Kier molecular flexibility index (Phi) is 9.63. The maximum Gasteiger partial charge on any atom is 0.290 e. The van der Waals surface area contributed by atoms with Crippen molar-refractivity contribution in [2.75, 3.05) is 39.9 Å². The second-order valence-electron chi connectivity index (χ2n) is 10.3. The molecule has 4 bridgehead atoms. The number of hydrogen-bond acceptors (Lipinski definition) is 8. The fourth-order valence-corrected chi connectivity index (χ4v) is 6.14. The van der Waals surface area contributed by atoms with E-state index >= 15 is 0 Å². The summed E-state index contributed by atoms with van der Waals surface area (Å²) in [6, 6.07) is 7.29. The van der Waals surface area contributed by atoms with Crippen LogP contribution in [0, 0.1) is 19.8 Å². The monoisotopic (exact) mass is 528 g/mol. The third kappa shape index (κ3) is 6.47. The quantitative estimate of drug-likeness (QED) is 0.579. The Hall–Kier alpha value is -3.11. The van der Waals surface area contributed by atoms with Crippen molar-refractivity contribution in [3.05, 3.63) is 40.8 Å². The van der Waals surface area contributed by atoms with Crippen molar-refractivity contribution >= 4 is 12.4 Å². The van der Waals surface area contributed by atoms with E-state index in [-0.39, 0.29) is 12.4 Å². The number of nitrogens with zero attached hydrogens (tertiary/aromatic N) is 3. The second-order valence-corrected chi connectivity index (χ2v) is 10.3. The number of rotatable bonds is 3. The maximum atomic E-state index is 13.0. The van der Waals surface area contributed by atoms with E-state index in [1.54, 1.807) is 7.11 Å². The van der Waals surface area contributed by atoms with Gasteiger partial charge < -0.3 is 24.4 Å². The number of aryl methyl sites for hydroxylation is 2. The Morgan fingerprint density at radius 2 is 2.05 bits per heavy atom. The number of ether oxygens (including phenoxy) is 2. The van der Waals surface area contributed by atoms with Gasteiger partial charge >= 0.3 is 0 Å². The largest absolute Gasteiger partial charge is 0.493 e. The van der Waals surface area contributed by atoms with Crippen LogP contribution in [0.3, 0.4) is 0 Å². The molecule has 3 aliphatic heterocycles. The minimum Gasteiger partial charge on any atom is -0.493 e. The molecule has 4 heterocycles. The number of carbonyl (C=O) groups is 2. The predicted octanol–water partition coefficient (Wildman–Crippen LogP) is 3.32. The molecular formula is C28H40N4O6. The van der Waals surface area contributed by atoms with E-state index in [1.165, 1.54) is 18.4 Å². The molecule has 208 valence electrons. The van der Waals surface area contributed by atoms with Gasteiger partial charge in [0.1, 0.15) is 5.76 Å². The van der Waals surface area contributed by atoms with Crippen molar-refractivity contribution in [3.8, 4) is 11.5 Å². The molecule has 5 rings (SSSR count). The second kappa shape index (κ2) is 13.1. The normalized spacial score (nSPS) is 24.5. The zero-order valence-corrected chi connectivity index (χ0v) is 22.6. The third-order valence-corrected chi connectivity index (χ3v) is 8.00. The summed E-state index contributed by atoms with van der Waals surface area (Å²) < 4.78 is 17.2. The number of fused-ring (bicyclic) bond motifs is 8. The van der Waals surface area contributed by atoms with Crippen LogP contribution >= 0.6 is 0 Å². The van der Waals surface area contributed by atoms with E-state index in [2.05, 4.69) is 32.4 Å². The number of methoxy groups -OCH3 is 1. The highest BCUT2D eigenvalue weighted by Crippen LogP contribution is 2.46. The minimum absolute atomic E-state index is 0.0971. The number of carboxylic acid groups (broad SMARTS) is 1. The third-order valence-electron chi connectivity index (χ3n) is 8.00. The lowest BCUT2D eigenvalue weighted by atomic mass is 9.94. The van der Waals surface area contributed by atoms with Gasteiger partial charge in [0.2, 0.25) is 5.91 Å². The fraction of sp³-hybridized carbons (Fsp3) is 0.607. The Balaban J connectivity index is 0.00000107. The van der Waals surface area contributed by atoms with E-state index in [4.69, 9.17) is 23.9 Å². The van der Waals surface area contributed by atoms with Crippen molar-refractivity contribution in [1.29, 1.82) is 0 Å². The lowest BCUT2D eigenvalue weighted by Gasteiger charge is -2.25. The van der Waals surface area contributed by atoms with Gasteiger partial charge in [0.15, 0.2) is 11.5 Å². The molecule has 10 heteroatoms. The first-order chi connectivity index (χ1) is 18.4. The molecule has 1 aromatic heterocycles. The van der Waals surface area contributed by atoms with Crippen LogP contribution in [-0.4, -0.2) is 78.4 Å². The van der Waals surface area contributed by atoms with Crippen LogP contribution in [-0.2, 0) is 16.1 Å². The Labute approximate surface area is 224 Å². The molecule has 0 aliphatic carbocycles. The summed E-state index contributed by atoms with van der Waals surface area (Å²) >= 11 is 0. The van der Waals surface area contributed by atoms with Gasteiger partial charge in [-0.15, -0.1) is 0 Å². The van der Waals surface area contributed by atoms with Gasteiger partial charge in [-0.05, 0) is 82.7 Å². The molecule has 2 fully saturated rings. The highest BCUT2D eigenvalue weighted by atomic mass is 16.5. The van der Waals surface area contributed by atoms with Crippen LogP contribution in [0.25, 0.3) is 0 Å². The predicted molar refractivity (Wildman–Crippen MR) is 141 cm³/mol. The van der Waals surface area contributed by atoms with Gasteiger partial charge in [-0.2, -0.15) is 0 Å². The molecule has 0 saturated carbocycles.